The summed E-state index contributed by atoms with van der Waals surface area (Å²) >= 11 is 0. The first kappa shape index (κ1) is 25.2. The highest BCUT2D eigenvalue weighted by atomic mass is 16.5. The lowest BCUT2D eigenvalue weighted by Crippen LogP contribution is -2.38. The Balaban J connectivity index is 1.52. The van der Waals surface area contributed by atoms with E-state index in [0.29, 0.717) is 30.0 Å². The Bertz CT molecular complexity index is 1420. The van der Waals surface area contributed by atoms with Crippen molar-refractivity contribution in [2.24, 2.45) is 0 Å². The number of nitrogens with one attached hydrogen (secondary N) is 2. The molecule has 1 aliphatic heterocycles. The Labute approximate surface area is 222 Å². The summed E-state index contributed by atoms with van der Waals surface area (Å²) in [4.78, 5) is 26.5. The van der Waals surface area contributed by atoms with Crippen molar-refractivity contribution in [3.05, 3.63) is 114 Å². The molecule has 2 N–H and O–H groups in total. The number of carbonyl (C=O) groups is 2. The number of aromatic nitrogens is 2. The van der Waals surface area contributed by atoms with E-state index in [9.17, 15) is 9.59 Å². The maximum Gasteiger partial charge on any atom is 0.267 e. The van der Waals surface area contributed by atoms with Crippen molar-refractivity contribution in [1.82, 2.24) is 20.4 Å². The molecule has 0 spiro atoms. The number of hydrogen-bond donors (Lipinski definition) is 2. The van der Waals surface area contributed by atoms with Crippen LogP contribution in [-0.4, -0.2) is 40.9 Å². The maximum absolute atomic E-state index is 13.4. The van der Waals surface area contributed by atoms with Crippen LogP contribution >= 0.6 is 0 Å². The number of rotatable bonds is 8. The Morgan fingerprint density at radius 1 is 1.00 bits per heavy atom. The van der Waals surface area contributed by atoms with Gasteiger partial charge in [0.15, 0.2) is 0 Å². The lowest BCUT2D eigenvalue weighted by molar-refractivity contribution is -0.118. The first-order valence-corrected chi connectivity index (χ1v) is 12.8. The predicted octanol–water partition coefficient (Wildman–Crippen LogP) is 4.91. The number of ether oxygens (including phenoxy) is 1. The van der Waals surface area contributed by atoms with E-state index in [2.05, 4.69) is 10.6 Å². The van der Waals surface area contributed by atoms with Crippen LogP contribution in [0.5, 0.6) is 0 Å². The van der Waals surface area contributed by atoms with Crippen LogP contribution in [0.3, 0.4) is 0 Å². The summed E-state index contributed by atoms with van der Waals surface area (Å²) in [6.07, 6.45) is 5.41. The van der Waals surface area contributed by atoms with Gasteiger partial charge in [-0.15, -0.1) is 0 Å². The van der Waals surface area contributed by atoms with E-state index in [1.54, 1.807) is 22.9 Å². The third-order valence-electron chi connectivity index (χ3n) is 6.43. The van der Waals surface area contributed by atoms with Crippen LogP contribution in [0.4, 0.5) is 0 Å². The fourth-order valence-corrected chi connectivity index (χ4v) is 4.35. The Morgan fingerprint density at radius 2 is 1.71 bits per heavy atom. The molecule has 0 radical (unpaired) electrons. The summed E-state index contributed by atoms with van der Waals surface area (Å²) in [5, 5.41) is 10.6. The second-order valence-electron chi connectivity index (χ2n) is 9.30. The summed E-state index contributed by atoms with van der Waals surface area (Å²) in [5.74, 6) is -0.743. The molecular weight excluding hydrogens is 476 g/mol. The smallest absolute Gasteiger partial charge is 0.267 e. The zero-order valence-corrected chi connectivity index (χ0v) is 21.3. The van der Waals surface area contributed by atoms with Crippen molar-refractivity contribution >= 4 is 17.9 Å². The summed E-state index contributed by atoms with van der Waals surface area (Å²) < 4.78 is 7.43. The zero-order valence-electron chi connectivity index (χ0n) is 21.3. The number of para-hydroxylation sites is 1. The number of carbonyl (C=O) groups excluding carboxylic acids is 2. The van der Waals surface area contributed by atoms with Crippen LogP contribution in [0, 0.1) is 6.92 Å². The van der Waals surface area contributed by atoms with E-state index in [0.717, 1.165) is 29.7 Å². The molecule has 0 saturated carbocycles. The van der Waals surface area contributed by atoms with Gasteiger partial charge in [0.1, 0.15) is 11.4 Å². The first-order chi connectivity index (χ1) is 18.6. The van der Waals surface area contributed by atoms with Crippen molar-refractivity contribution in [3.8, 4) is 16.9 Å². The molecule has 1 fully saturated rings. The lowest BCUT2D eigenvalue weighted by atomic mass is 10.1. The molecule has 7 nitrogen and oxygen atoms in total. The number of amides is 2. The van der Waals surface area contributed by atoms with Gasteiger partial charge in [0, 0.05) is 36.0 Å². The number of aryl methyl sites for hydroxylation is 1. The SMILES string of the molecule is Cc1ccc(C(=O)N/C(=C\c2cn(-c3ccccc3)nc2-c2ccccc2)C(=O)NCC2CCCO2)cc1. The van der Waals surface area contributed by atoms with Crippen LogP contribution in [-0.2, 0) is 9.53 Å². The number of benzene rings is 3. The van der Waals surface area contributed by atoms with Gasteiger partial charge < -0.3 is 15.4 Å². The van der Waals surface area contributed by atoms with E-state index in [1.807, 2.05) is 85.9 Å². The van der Waals surface area contributed by atoms with Gasteiger partial charge in [-0.2, -0.15) is 5.10 Å². The standard InChI is InChI=1S/C31H30N4O3/c1-22-14-16-24(17-15-22)30(36)33-28(31(37)32-20-27-13-8-18-38-27)19-25-21-35(26-11-6-3-7-12-26)34-29(25)23-9-4-2-5-10-23/h2-7,9-12,14-17,19,21,27H,8,13,18,20H2,1H3,(H,32,37)(H,33,36)/b28-19-. The Kier molecular flexibility index (Phi) is 7.75. The van der Waals surface area contributed by atoms with Crippen LogP contribution in [0.1, 0.15) is 34.3 Å². The molecule has 2 heterocycles. The topological polar surface area (TPSA) is 85.2 Å². The molecule has 7 heteroatoms. The van der Waals surface area contributed by atoms with Crippen molar-refractivity contribution in [1.29, 1.82) is 0 Å². The van der Waals surface area contributed by atoms with Crippen LogP contribution in [0.25, 0.3) is 23.0 Å². The van der Waals surface area contributed by atoms with Gasteiger partial charge >= 0.3 is 0 Å². The molecule has 1 aromatic heterocycles. The maximum atomic E-state index is 13.4. The van der Waals surface area contributed by atoms with Crippen molar-refractivity contribution in [2.75, 3.05) is 13.2 Å². The van der Waals surface area contributed by atoms with Crippen LogP contribution in [0.2, 0.25) is 0 Å². The van der Waals surface area contributed by atoms with Crippen molar-refractivity contribution in [2.45, 2.75) is 25.9 Å². The zero-order chi connectivity index (χ0) is 26.3. The summed E-state index contributed by atoms with van der Waals surface area (Å²) in [6.45, 7) is 3.04. The lowest BCUT2D eigenvalue weighted by Gasteiger charge is -2.14. The Morgan fingerprint density at radius 3 is 2.39 bits per heavy atom. The summed E-state index contributed by atoms with van der Waals surface area (Å²) in [7, 11) is 0. The quantitative estimate of drug-likeness (QED) is 0.333. The highest BCUT2D eigenvalue weighted by Gasteiger charge is 2.21. The number of nitrogens with zero attached hydrogens (tertiary/aromatic N) is 2. The first-order valence-electron chi connectivity index (χ1n) is 12.8. The average Bonchev–Trinajstić information content (AvgIpc) is 3.63. The molecule has 5 rings (SSSR count). The van der Waals surface area contributed by atoms with Gasteiger partial charge in [-0.3, -0.25) is 9.59 Å². The molecule has 1 unspecified atom stereocenters. The molecule has 3 aromatic carbocycles. The van der Waals surface area contributed by atoms with Crippen LogP contribution in [0.15, 0.2) is 96.8 Å². The van der Waals surface area contributed by atoms with E-state index in [-0.39, 0.29) is 23.6 Å². The minimum atomic E-state index is -0.382. The highest BCUT2D eigenvalue weighted by Crippen LogP contribution is 2.25. The molecule has 1 aliphatic rings. The molecule has 2 amide bonds. The minimum Gasteiger partial charge on any atom is -0.376 e. The van der Waals surface area contributed by atoms with E-state index in [1.165, 1.54) is 0 Å². The van der Waals surface area contributed by atoms with Crippen molar-refractivity contribution < 1.29 is 14.3 Å². The van der Waals surface area contributed by atoms with Crippen molar-refractivity contribution in [3.63, 3.8) is 0 Å². The highest BCUT2D eigenvalue weighted by molar-refractivity contribution is 6.05. The number of hydrogen-bond acceptors (Lipinski definition) is 4. The monoisotopic (exact) mass is 506 g/mol. The Hall–Kier alpha value is -4.49. The van der Waals surface area contributed by atoms with Gasteiger partial charge in [0.2, 0.25) is 0 Å². The second-order valence-corrected chi connectivity index (χ2v) is 9.30. The average molecular weight is 507 g/mol. The predicted molar refractivity (Wildman–Crippen MR) is 148 cm³/mol. The second kappa shape index (κ2) is 11.7. The molecule has 192 valence electrons. The van der Waals surface area contributed by atoms with Gasteiger partial charge in [0.25, 0.3) is 11.8 Å². The van der Waals surface area contributed by atoms with E-state index >= 15 is 0 Å². The normalized spacial score (nSPS) is 15.3. The summed E-state index contributed by atoms with van der Waals surface area (Å²) in [6, 6.07) is 26.8. The van der Waals surface area contributed by atoms with Gasteiger partial charge in [-0.1, -0.05) is 66.2 Å². The van der Waals surface area contributed by atoms with Crippen LogP contribution < -0.4 is 10.6 Å². The molecule has 1 atom stereocenters. The third kappa shape index (κ3) is 6.07. The molecule has 1 saturated heterocycles. The molecule has 38 heavy (non-hydrogen) atoms. The third-order valence-corrected chi connectivity index (χ3v) is 6.43. The van der Waals surface area contributed by atoms with E-state index < -0.39 is 0 Å². The minimum absolute atomic E-state index is 0.0197. The van der Waals surface area contributed by atoms with Gasteiger partial charge in [0.05, 0.1) is 11.8 Å². The van der Waals surface area contributed by atoms with Gasteiger partial charge in [-0.25, -0.2) is 4.68 Å². The van der Waals surface area contributed by atoms with E-state index in [4.69, 9.17) is 9.84 Å². The fraction of sp³-hybridized carbons (Fsp3) is 0.194. The molecular formula is C31H30N4O3. The molecule has 0 bridgehead atoms. The van der Waals surface area contributed by atoms with Gasteiger partial charge in [-0.05, 0) is 50.1 Å². The summed E-state index contributed by atoms with van der Waals surface area (Å²) in [5.41, 5.74) is 4.84. The molecule has 4 aromatic rings. The fourth-order valence-electron chi connectivity index (χ4n) is 4.35. The molecule has 0 aliphatic carbocycles. The largest absolute Gasteiger partial charge is 0.376 e.